The number of carboxylic acids is 1. The summed E-state index contributed by atoms with van der Waals surface area (Å²) in [6, 6.07) is 0.492. The second-order valence-corrected chi connectivity index (χ2v) is 6.26. The molecular weight excluding hydrogens is 256 g/mol. The maximum absolute atomic E-state index is 12.4. The minimum atomic E-state index is -3.71. The molecule has 1 atom stereocenters. The van der Waals surface area contributed by atoms with E-state index in [-0.39, 0.29) is 11.4 Å². The van der Waals surface area contributed by atoms with Crippen molar-refractivity contribution >= 4 is 16.0 Å². The van der Waals surface area contributed by atoms with Crippen LogP contribution in [0.2, 0.25) is 0 Å². The molecule has 0 aliphatic carbocycles. The van der Waals surface area contributed by atoms with E-state index in [1.165, 1.54) is 18.5 Å². The monoisotopic (exact) mass is 272 g/mol. The van der Waals surface area contributed by atoms with Gasteiger partial charge in [0, 0.05) is 18.9 Å². The molecule has 7 heteroatoms. The normalized spacial score (nSPS) is 22.6. The van der Waals surface area contributed by atoms with E-state index in [4.69, 9.17) is 0 Å². The lowest BCUT2D eigenvalue weighted by Gasteiger charge is -2.25. The summed E-state index contributed by atoms with van der Waals surface area (Å²) < 4.78 is 25.8. The van der Waals surface area contributed by atoms with Crippen LogP contribution in [0.5, 0.6) is 0 Å². The van der Waals surface area contributed by atoms with Gasteiger partial charge in [-0.2, -0.15) is 4.31 Å². The second-order valence-electron chi connectivity index (χ2n) is 4.37. The minimum absolute atomic E-state index is 0.121. The van der Waals surface area contributed by atoms with E-state index in [1.807, 2.05) is 0 Å². The number of hydrogen-bond donors (Lipinski definition) is 2. The maximum Gasteiger partial charge on any atom is 0.322 e. The van der Waals surface area contributed by atoms with E-state index in [9.17, 15) is 18.3 Å². The third kappa shape index (κ3) is 2.41. The number of hydrogen-bond acceptors (Lipinski definition) is 3. The molecule has 0 aromatic carbocycles. The molecule has 2 rings (SSSR count). The topological polar surface area (TPSA) is 90.5 Å². The maximum atomic E-state index is 12.4. The Kier molecular flexibility index (Phi) is 3.72. The Hall–Kier alpha value is -1.34. The number of carboxylic acid groups (broad SMARTS) is 1. The molecule has 1 aromatic heterocycles. The molecule has 1 aromatic rings. The van der Waals surface area contributed by atoms with Crippen LogP contribution < -0.4 is 0 Å². The van der Waals surface area contributed by atoms with Gasteiger partial charge in [-0.1, -0.05) is 12.8 Å². The number of aliphatic carboxylic acids is 1. The fourth-order valence-corrected chi connectivity index (χ4v) is 3.85. The van der Waals surface area contributed by atoms with Crippen molar-refractivity contribution in [2.75, 3.05) is 6.54 Å². The van der Waals surface area contributed by atoms with Crippen molar-refractivity contribution in [2.24, 2.45) is 0 Å². The molecule has 0 amide bonds. The van der Waals surface area contributed by atoms with Crippen LogP contribution in [0.1, 0.15) is 25.7 Å². The zero-order valence-corrected chi connectivity index (χ0v) is 10.7. The molecular formula is C11H16N2O4S. The van der Waals surface area contributed by atoms with Crippen molar-refractivity contribution in [2.45, 2.75) is 36.6 Å². The quantitative estimate of drug-likeness (QED) is 0.860. The molecule has 1 aliphatic heterocycles. The van der Waals surface area contributed by atoms with Crippen molar-refractivity contribution in [1.82, 2.24) is 9.29 Å². The molecule has 6 nitrogen and oxygen atoms in total. The van der Waals surface area contributed by atoms with E-state index < -0.39 is 22.0 Å². The molecule has 1 saturated heterocycles. The van der Waals surface area contributed by atoms with E-state index in [0.717, 1.165) is 17.1 Å². The largest absolute Gasteiger partial charge is 0.480 e. The van der Waals surface area contributed by atoms with Gasteiger partial charge in [0.05, 0.1) is 4.90 Å². The van der Waals surface area contributed by atoms with E-state index in [1.54, 1.807) is 0 Å². The van der Waals surface area contributed by atoms with E-state index >= 15 is 0 Å². The van der Waals surface area contributed by atoms with Crippen molar-refractivity contribution < 1.29 is 18.3 Å². The van der Waals surface area contributed by atoms with E-state index in [0.29, 0.717) is 12.8 Å². The molecule has 2 N–H and O–H groups in total. The first kappa shape index (κ1) is 13.1. The first-order valence-electron chi connectivity index (χ1n) is 5.91. The third-order valence-corrected chi connectivity index (χ3v) is 5.07. The van der Waals surface area contributed by atoms with Crippen LogP contribution in [0, 0.1) is 0 Å². The lowest BCUT2D eigenvalue weighted by molar-refractivity contribution is -0.141. The summed E-state index contributed by atoms with van der Waals surface area (Å²) in [5.74, 6) is -1.07. The zero-order chi connectivity index (χ0) is 13.2. The summed E-state index contributed by atoms with van der Waals surface area (Å²) in [4.78, 5) is 14.0. The van der Waals surface area contributed by atoms with E-state index in [2.05, 4.69) is 4.98 Å². The van der Waals surface area contributed by atoms with Crippen LogP contribution in [-0.2, 0) is 14.8 Å². The number of carbonyl (C=O) groups is 1. The Morgan fingerprint density at radius 3 is 2.78 bits per heavy atom. The van der Waals surface area contributed by atoms with Crippen molar-refractivity contribution in [3.63, 3.8) is 0 Å². The Morgan fingerprint density at radius 2 is 2.17 bits per heavy atom. The number of rotatable bonds is 3. The fraction of sp³-hybridized carbons (Fsp3) is 0.545. The van der Waals surface area contributed by atoms with Crippen molar-refractivity contribution in [3.8, 4) is 0 Å². The van der Waals surface area contributed by atoms with Gasteiger partial charge >= 0.3 is 5.97 Å². The summed E-state index contributed by atoms with van der Waals surface area (Å²) in [5.41, 5.74) is 0. The average Bonchev–Trinajstić information content (AvgIpc) is 2.73. The number of nitrogens with one attached hydrogen (secondary N) is 1. The molecule has 0 radical (unpaired) electrons. The molecule has 0 spiro atoms. The van der Waals surface area contributed by atoms with Gasteiger partial charge in [-0.05, 0) is 18.9 Å². The lowest BCUT2D eigenvalue weighted by atomic mass is 10.1. The van der Waals surface area contributed by atoms with Gasteiger partial charge in [0.2, 0.25) is 10.0 Å². The number of sulfonamides is 1. The third-order valence-electron chi connectivity index (χ3n) is 3.16. The van der Waals surface area contributed by atoms with Gasteiger partial charge in [-0.3, -0.25) is 4.79 Å². The van der Waals surface area contributed by atoms with Crippen LogP contribution >= 0.6 is 0 Å². The smallest absolute Gasteiger partial charge is 0.322 e. The Labute approximate surface area is 106 Å². The molecule has 1 fully saturated rings. The van der Waals surface area contributed by atoms with Gasteiger partial charge in [-0.25, -0.2) is 8.42 Å². The summed E-state index contributed by atoms with van der Waals surface area (Å²) in [7, 11) is -3.71. The Balaban J connectivity index is 2.36. The van der Waals surface area contributed by atoms with Crippen molar-refractivity contribution in [3.05, 3.63) is 18.5 Å². The number of nitrogens with zero attached hydrogens (tertiary/aromatic N) is 1. The molecule has 0 bridgehead atoms. The highest BCUT2D eigenvalue weighted by Gasteiger charge is 2.36. The number of aromatic amines is 1. The molecule has 0 saturated carbocycles. The van der Waals surface area contributed by atoms with Gasteiger partial charge in [0.25, 0.3) is 0 Å². The summed E-state index contributed by atoms with van der Waals surface area (Å²) >= 11 is 0. The predicted octanol–water partition coefficient (Wildman–Crippen LogP) is 1.03. The first-order valence-corrected chi connectivity index (χ1v) is 7.35. The Morgan fingerprint density at radius 1 is 1.39 bits per heavy atom. The highest BCUT2D eigenvalue weighted by Crippen LogP contribution is 2.24. The fourth-order valence-electron chi connectivity index (χ4n) is 2.22. The van der Waals surface area contributed by atoms with Gasteiger partial charge in [0.15, 0.2) is 0 Å². The van der Waals surface area contributed by atoms with Crippen molar-refractivity contribution in [1.29, 1.82) is 0 Å². The lowest BCUT2D eigenvalue weighted by Crippen LogP contribution is -2.44. The van der Waals surface area contributed by atoms with Crippen LogP contribution in [0.15, 0.2) is 23.4 Å². The van der Waals surface area contributed by atoms with Gasteiger partial charge in [0.1, 0.15) is 6.04 Å². The Bertz CT molecular complexity index is 509. The van der Waals surface area contributed by atoms with Crippen LogP contribution in [0.4, 0.5) is 0 Å². The van der Waals surface area contributed by atoms with Crippen LogP contribution in [0.25, 0.3) is 0 Å². The highest BCUT2D eigenvalue weighted by molar-refractivity contribution is 7.89. The SMILES string of the molecule is O=C(O)C1CCCCCN1S(=O)(=O)c1cc[nH]c1. The summed E-state index contributed by atoms with van der Waals surface area (Å²) in [5, 5.41) is 9.18. The minimum Gasteiger partial charge on any atom is -0.480 e. The first-order chi connectivity index (χ1) is 8.53. The average molecular weight is 272 g/mol. The second kappa shape index (κ2) is 5.11. The van der Waals surface area contributed by atoms with Crippen LogP contribution in [-0.4, -0.2) is 41.4 Å². The standard InChI is InChI=1S/C11H16N2O4S/c14-11(15)10-4-2-1-3-7-13(10)18(16,17)9-5-6-12-8-9/h5-6,8,10,12H,1-4,7H2,(H,14,15). The van der Waals surface area contributed by atoms with Crippen LogP contribution in [0.3, 0.4) is 0 Å². The predicted molar refractivity (Wildman–Crippen MR) is 64.6 cm³/mol. The van der Waals surface area contributed by atoms with Gasteiger partial charge in [-0.15, -0.1) is 0 Å². The van der Waals surface area contributed by atoms with Gasteiger partial charge < -0.3 is 10.1 Å². The number of aromatic nitrogens is 1. The molecule has 100 valence electrons. The molecule has 18 heavy (non-hydrogen) atoms. The zero-order valence-electron chi connectivity index (χ0n) is 9.87. The number of H-pyrrole nitrogens is 1. The molecule has 1 aliphatic rings. The molecule has 1 unspecified atom stereocenters. The summed E-state index contributed by atoms with van der Waals surface area (Å²) in [6.07, 6.45) is 5.57. The highest BCUT2D eigenvalue weighted by atomic mass is 32.2. The summed E-state index contributed by atoms with van der Waals surface area (Å²) in [6.45, 7) is 0.268. The molecule has 2 heterocycles.